The third-order valence-corrected chi connectivity index (χ3v) is 5.31. The molecule has 102 valence electrons. The largest absolute Gasteiger partial charge is 1.00 e. The minimum Gasteiger partial charge on any atom is -1.00 e. The number of alkyl halides is 1. The van der Waals surface area contributed by atoms with Gasteiger partial charge in [-0.05, 0) is 40.5 Å². The SMILES string of the molecule is Cc1cc2c(cc1Br)cc(Br)c1[n+]2CC(CBr)O1.[Br-]. The Labute approximate surface area is 147 Å². The van der Waals surface area contributed by atoms with Crippen LogP contribution in [0, 0.1) is 6.92 Å². The molecule has 0 radical (unpaired) electrons. The van der Waals surface area contributed by atoms with Crippen molar-refractivity contribution in [3.05, 3.63) is 32.7 Å². The predicted molar refractivity (Wildman–Crippen MR) is 82.5 cm³/mol. The molecule has 1 aliphatic heterocycles. The maximum absolute atomic E-state index is 5.92. The van der Waals surface area contributed by atoms with Gasteiger partial charge in [0.15, 0.2) is 12.6 Å². The maximum Gasteiger partial charge on any atom is 0.383 e. The van der Waals surface area contributed by atoms with Crippen LogP contribution in [0.25, 0.3) is 10.9 Å². The van der Waals surface area contributed by atoms with E-state index >= 15 is 0 Å². The number of nitrogens with zero attached hydrogens (tertiary/aromatic N) is 1. The number of fused-ring (bicyclic) bond motifs is 3. The van der Waals surface area contributed by atoms with Gasteiger partial charge in [-0.25, -0.2) is 0 Å². The highest BCUT2D eigenvalue weighted by Gasteiger charge is 2.34. The van der Waals surface area contributed by atoms with Gasteiger partial charge >= 0.3 is 5.88 Å². The molecule has 1 unspecified atom stereocenters. The molecule has 1 atom stereocenters. The van der Waals surface area contributed by atoms with Crippen molar-refractivity contribution < 1.29 is 26.3 Å². The smallest absolute Gasteiger partial charge is 0.383 e. The molecular weight excluding hydrogens is 506 g/mol. The van der Waals surface area contributed by atoms with Gasteiger partial charge in [-0.1, -0.05) is 31.9 Å². The van der Waals surface area contributed by atoms with E-state index in [0.717, 1.165) is 26.7 Å². The summed E-state index contributed by atoms with van der Waals surface area (Å²) in [7, 11) is 0. The van der Waals surface area contributed by atoms with Gasteiger partial charge in [0.25, 0.3) is 0 Å². The third kappa shape index (κ3) is 2.74. The van der Waals surface area contributed by atoms with Crippen LogP contribution in [0.2, 0.25) is 0 Å². The lowest BCUT2D eigenvalue weighted by molar-refractivity contribution is -0.656. The molecule has 1 aliphatic rings. The standard InChI is InChI=1S/C13H11Br3NO.BrH/c1-7-2-12-8(3-10(7)15)4-11(16)13-17(12)6-9(5-14)18-13;/h2-4,9H,5-6H2,1H3;1H/q+1;/p-1. The summed E-state index contributed by atoms with van der Waals surface area (Å²) in [4.78, 5) is 0. The van der Waals surface area contributed by atoms with Crippen molar-refractivity contribution in [1.29, 1.82) is 0 Å². The molecule has 1 aromatic heterocycles. The number of aromatic nitrogens is 1. The van der Waals surface area contributed by atoms with Crippen LogP contribution in [0.5, 0.6) is 5.88 Å². The molecule has 0 N–H and O–H groups in total. The van der Waals surface area contributed by atoms with Crippen molar-refractivity contribution >= 4 is 58.7 Å². The van der Waals surface area contributed by atoms with Crippen LogP contribution < -0.4 is 26.3 Å². The fourth-order valence-corrected chi connectivity index (χ4v) is 3.50. The molecule has 1 aromatic carbocycles. The fraction of sp³-hybridized carbons (Fsp3) is 0.308. The number of halogens is 4. The molecule has 19 heavy (non-hydrogen) atoms. The molecule has 0 amide bonds. The molecule has 2 nitrogen and oxygen atoms in total. The van der Waals surface area contributed by atoms with Crippen LogP contribution in [0.3, 0.4) is 0 Å². The topological polar surface area (TPSA) is 13.1 Å². The van der Waals surface area contributed by atoms with Crippen LogP contribution in [0.15, 0.2) is 27.1 Å². The normalized spacial score (nSPS) is 16.9. The van der Waals surface area contributed by atoms with E-state index in [1.165, 1.54) is 16.5 Å². The van der Waals surface area contributed by atoms with Gasteiger partial charge in [-0.2, -0.15) is 4.57 Å². The maximum atomic E-state index is 5.92. The first-order valence-corrected chi connectivity index (χ1v) is 8.35. The van der Waals surface area contributed by atoms with Gasteiger partial charge < -0.3 is 21.7 Å². The first kappa shape index (κ1) is 15.7. The number of aryl methyl sites for hydroxylation is 1. The average Bonchev–Trinajstić information content (AvgIpc) is 2.77. The van der Waals surface area contributed by atoms with E-state index in [4.69, 9.17) is 4.74 Å². The lowest BCUT2D eigenvalue weighted by atomic mass is 10.1. The highest BCUT2D eigenvalue weighted by molar-refractivity contribution is 9.11. The third-order valence-electron chi connectivity index (χ3n) is 3.17. The molecular formula is C13H11Br4NO. The van der Waals surface area contributed by atoms with Crippen LogP contribution in [0.1, 0.15) is 5.56 Å². The lowest BCUT2D eigenvalue weighted by Gasteiger charge is -2.03. The number of ether oxygens (including phenoxy) is 1. The van der Waals surface area contributed by atoms with E-state index in [1.54, 1.807) is 0 Å². The van der Waals surface area contributed by atoms with Crippen molar-refractivity contribution in [2.24, 2.45) is 0 Å². The first-order valence-electron chi connectivity index (χ1n) is 5.65. The minimum absolute atomic E-state index is 0. The van der Waals surface area contributed by atoms with E-state index < -0.39 is 0 Å². The molecule has 0 fully saturated rings. The van der Waals surface area contributed by atoms with Crippen molar-refractivity contribution in [2.75, 3.05) is 5.33 Å². The zero-order chi connectivity index (χ0) is 12.9. The predicted octanol–water partition coefficient (Wildman–Crippen LogP) is 1.12. The van der Waals surface area contributed by atoms with E-state index in [2.05, 4.69) is 77.5 Å². The molecule has 0 saturated heterocycles. The van der Waals surface area contributed by atoms with Gasteiger partial charge in [0.2, 0.25) is 5.52 Å². The second-order valence-electron chi connectivity index (χ2n) is 4.46. The Morgan fingerprint density at radius 1 is 1.26 bits per heavy atom. The van der Waals surface area contributed by atoms with Gasteiger partial charge in [0.05, 0.1) is 0 Å². The number of benzene rings is 1. The summed E-state index contributed by atoms with van der Waals surface area (Å²) in [6.07, 6.45) is 0.204. The van der Waals surface area contributed by atoms with E-state index in [1.807, 2.05) is 0 Å². The summed E-state index contributed by atoms with van der Waals surface area (Å²) in [5.74, 6) is 0.925. The zero-order valence-electron chi connectivity index (χ0n) is 10.1. The molecule has 3 rings (SSSR count). The monoisotopic (exact) mass is 513 g/mol. The summed E-state index contributed by atoms with van der Waals surface area (Å²) in [6, 6.07) is 6.47. The van der Waals surface area contributed by atoms with Crippen molar-refractivity contribution in [3.8, 4) is 5.88 Å². The van der Waals surface area contributed by atoms with Crippen LogP contribution in [-0.4, -0.2) is 11.4 Å². The van der Waals surface area contributed by atoms with Gasteiger partial charge in [-0.15, -0.1) is 0 Å². The summed E-state index contributed by atoms with van der Waals surface area (Å²) < 4.78 is 10.3. The van der Waals surface area contributed by atoms with Gasteiger partial charge in [-0.3, -0.25) is 0 Å². The molecule has 2 heterocycles. The fourth-order valence-electron chi connectivity index (χ4n) is 2.25. The Kier molecular flexibility index (Phi) is 4.97. The molecule has 0 aliphatic carbocycles. The van der Waals surface area contributed by atoms with E-state index in [-0.39, 0.29) is 23.1 Å². The van der Waals surface area contributed by atoms with Crippen molar-refractivity contribution in [3.63, 3.8) is 0 Å². The summed E-state index contributed by atoms with van der Waals surface area (Å²) in [6.45, 7) is 2.99. The minimum atomic E-state index is 0. The Morgan fingerprint density at radius 3 is 2.63 bits per heavy atom. The molecule has 2 aromatic rings. The van der Waals surface area contributed by atoms with Crippen LogP contribution in [-0.2, 0) is 6.54 Å². The highest BCUT2D eigenvalue weighted by Crippen LogP contribution is 2.32. The van der Waals surface area contributed by atoms with Crippen molar-refractivity contribution in [2.45, 2.75) is 19.6 Å². The Hall–Kier alpha value is 0.350. The quantitative estimate of drug-likeness (QED) is 0.409. The summed E-state index contributed by atoms with van der Waals surface area (Å²) in [5.41, 5.74) is 2.46. The Morgan fingerprint density at radius 2 is 1.95 bits per heavy atom. The molecule has 6 heteroatoms. The number of rotatable bonds is 1. The van der Waals surface area contributed by atoms with Crippen LogP contribution in [0.4, 0.5) is 0 Å². The zero-order valence-corrected chi connectivity index (χ0v) is 16.4. The summed E-state index contributed by atoms with van der Waals surface area (Å²) >= 11 is 10.7. The number of hydrogen-bond acceptors (Lipinski definition) is 1. The molecule has 0 spiro atoms. The van der Waals surface area contributed by atoms with E-state index in [9.17, 15) is 0 Å². The lowest BCUT2D eigenvalue weighted by Crippen LogP contribution is -3.00. The number of hydrogen-bond donors (Lipinski definition) is 0. The molecule has 0 saturated carbocycles. The summed E-state index contributed by atoms with van der Waals surface area (Å²) in [5, 5.41) is 2.06. The highest BCUT2D eigenvalue weighted by atomic mass is 79.9. The molecule has 0 bridgehead atoms. The van der Waals surface area contributed by atoms with Gasteiger partial charge in [0.1, 0.15) is 4.47 Å². The number of pyridine rings is 1. The van der Waals surface area contributed by atoms with Crippen molar-refractivity contribution in [1.82, 2.24) is 0 Å². The van der Waals surface area contributed by atoms with Gasteiger partial charge in [0, 0.05) is 21.3 Å². The Bertz CT molecular complexity index is 644. The Balaban J connectivity index is 0.00000133. The van der Waals surface area contributed by atoms with Crippen LogP contribution >= 0.6 is 47.8 Å². The average molecular weight is 517 g/mol. The first-order chi connectivity index (χ1) is 8.60. The second-order valence-corrected chi connectivity index (χ2v) is 6.82. The second kappa shape index (κ2) is 6.00. The van der Waals surface area contributed by atoms with E-state index in [0.29, 0.717) is 0 Å².